The quantitative estimate of drug-likeness (QED) is 0.508. The lowest BCUT2D eigenvalue weighted by Gasteiger charge is -2.48. The molecule has 3 aliphatic heterocycles. The Bertz CT molecular complexity index is 1430. The summed E-state index contributed by atoms with van der Waals surface area (Å²) in [5.41, 5.74) is 3.80. The largest absolute Gasteiger partial charge is 0.489 e. The highest BCUT2D eigenvalue weighted by molar-refractivity contribution is 6.05. The van der Waals surface area contributed by atoms with E-state index in [2.05, 4.69) is 32.3 Å². The number of fused-ring (bicyclic) bond motifs is 2. The van der Waals surface area contributed by atoms with E-state index in [1.54, 1.807) is 4.90 Å². The zero-order valence-electron chi connectivity index (χ0n) is 21.2. The Morgan fingerprint density at radius 2 is 1.87 bits per heavy atom. The number of ether oxygens (including phenoxy) is 1. The molecule has 4 aliphatic rings. The normalized spacial score (nSPS) is 26.4. The van der Waals surface area contributed by atoms with Crippen molar-refractivity contribution < 1.29 is 19.1 Å². The summed E-state index contributed by atoms with van der Waals surface area (Å²) in [5, 5.41) is 3.58. The number of hydrogen-bond acceptors (Lipinski definition) is 6. The SMILES string of the molecule is O=C1CC[C@@H](N2Cc3cc(O[C@H]4CCCC[C@H]4N4CC(c5ccnc6[nH]ccc56)C4)ccc3C2=O)C(=O)N1. The van der Waals surface area contributed by atoms with Gasteiger partial charge in [0.25, 0.3) is 5.91 Å². The van der Waals surface area contributed by atoms with Gasteiger partial charge >= 0.3 is 0 Å². The second-order valence-corrected chi connectivity index (χ2v) is 11.0. The minimum absolute atomic E-state index is 0.107. The Labute approximate surface area is 220 Å². The van der Waals surface area contributed by atoms with Gasteiger partial charge in [0.15, 0.2) is 0 Å². The molecule has 9 nitrogen and oxygen atoms in total. The molecule has 3 fully saturated rings. The third-order valence-electron chi connectivity index (χ3n) is 8.76. The molecule has 0 radical (unpaired) electrons. The van der Waals surface area contributed by atoms with Crippen molar-refractivity contribution in [2.24, 2.45) is 0 Å². The van der Waals surface area contributed by atoms with E-state index < -0.39 is 6.04 Å². The highest BCUT2D eigenvalue weighted by Gasteiger charge is 2.41. The Morgan fingerprint density at radius 3 is 2.74 bits per heavy atom. The Kier molecular flexibility index (Phi) is 5.69. The van der Waals surface area contributed by atoms with Crippen molar-refractivity contribution in [3.05, 3.63) is 59.4 Å². The van der Waals surface area contributed by atoms with E-state index in [-0.39, 0.29) is 30.2 Å². The van der Waals surface area contributed by atoms with Gasteiger partial charge in [0.2, 0.25) is 11.8 Å². The number of rotatable bonds is 5. The van der Waals surface area contributed by atoms with Crippen LogP contribution in [-0.4, -0.2) is 68.8 Å². The van der Waals surface area contributed by atoms with Crippen LogP contribution in [0.5, 0.6) is 5.75 Å². The molecule has 2 saturated heterocycles. The standard InChI is InChI=1S/C29H31N5O4/c35-26-8-7-24(28(36)32-26)34-16-17-13-19(5-6-21(17)29(34)37)38-25-4-2-1-3-23(25)33-14-18(15-33)20-9-11-30-27-22(20)10-12-31-27/h5-6,9-13,18,23-25H,1-4,7-8,14-16H2,(H,30,31)(H,32,35,36)/t23-,24-,25+/m1/s1. The smallest absolute Gasteiger partial charge is 0.255 e. The molecular weight excluding hydrogens is 482 g/mol. The topological polar surface area (TPSA) is 108 Å². The summed E-state index contributed by atoms with van der Waals surface area (Å²) in [6.45, 7) is 2.40. The second kappa shape index (κ2) is 9.23. The molecule has 9 heteroatoms. The van der Waals surface area contributed by atoms with Crippen LogP contribution in [0.2, 0.25) is 0 Å². The Hall–Kier alpha value is -3.72. The Morgan fingerprint density at radius 1 is 1.00 bits per heavy atom. The van der Waals surface area contributed by atoms with Crippen molar-refractivity contribution in [2.45, 2.75) is 69.2 Å². The first-order valence-electron chi connectivity index (χ1n) is 13.7. The van der Waals surface area contributed by atoms with Crippen molar-refractivity contribution in [3.63, 3.8) is 0 Å². The first-order valence-corrected chi connectivity index (χ1v) is 13.7. The second-order valence-electron chi connectivity index (χ2n) is 11.0. The predicted molar refractivity (Wildman–Crippen MR) is 140 cm³/mol. The average Bonchev–Trinajstić information content (AvgIpc) is 3.49. The van der Waals surface area contributed by atoms with Crippen LogP contribution in [0, 0.1) is 0 Å². The average molecular weight is 514 g/mol. The number of amides is 3. The number of hydrogen-bond donors (Lipinski definition) is 2. The van der Waals surface area contributed by atoms with Crippen LogP contribution in [-0.2, 0) is 16.1 Å². The number of carbonyl (C=O) groups is 3. The molecule has 3 aromatic rings. The van der Waals surface area contributed by atoms with Gasteiger partial charge in [-0.2, -0.15) is 0 Å². The molecule has 1 aromatic carbocycles. The number of H-pyrrole nitrogens is 1. The lowest BCUT2D eigenvalue weighted by atomic mass is 9.84. The van der Waals surface area contributed by atoms with E-state index in [1.807, 2.05) is 30.6 Å². The summed E-state index contributed by atoms with van der Waals surface area (Å²) < 4.78 is 6.59. The van der Waals surface area contributed by atoms with Gasteiger partial charge in [-0.25, -0.2) is 4.98 Å². The molecule has 38 heavy (non-hydrogen) atoms. The summed E-state index contributed by atoms with van der Waals surface area (Å²) in [6.07, 6.45) is 9.08. The maximum atomic E-state index is 13.0. The number of likely N-dealkylation sites (tertiary alicyclic amines) is 1. The maximum Gasteiger partial charge on any atom is 0.255 e. The summed E-state index contributed by atoms with van der Waals surface area (Å²) in [5.74, 6) is 0.457. The van der Waals surface area contributed by atoms with E-state index >= 15 is 0 Å². The number of carbonyl (C=O) groups excluding carboxylic acids is 3. The molecule has 3 atom stereocenters. The first kappa shape index (κ1) is 23.4. The van der Waals surface area contributed by atoms with Crippen molar-refractivity contribution >= 4 is 28.8 Å². The van der Waals surface area contributed by atoms with Gasteiger partial charge < -0.3 is 14.6 Å². The number of aromatic amines is 1. The summed E-state index contributed by atoms with van der Waals surface area (Å²) >= 11 is 0. The lowest BCUT2D eigenvalue weighted by molar-refractivity contribution is -0.136. The molecule has 0 spiro atoms. The summed E-state index contributed by atoms with van der Waals surface area (Å²) in [4.78, 5) is 48.7. The summed E-state index contributed by atoms with van der Waals surface area (Å²) in [7, 11) is 0. The van der Waals surface area contributed by atoms with Crippen molar-refractivity contribution in [2.75, 3.05) is 13.1 Å². The van der Waals surface area contributed by atoms with Gasteiger partial charge in [0, 0.05) is 61.4 Å². The van der Waals surface area contributed by atoms with Gasteiger partial charge in [0.05, 0.1) is 0 Å². The van der Waals surface area contributed by atoms with Crippen LogP contribution < -0.4 is 10.1 Å². The predicted octanol–water partition coefficient (Wildman–Crippen LogP) is 3.11. The molecule has 5 heterocycles. The molecule has 3 amide bonds. The molecule has 1 aliphatic carbocycles. The Balaban J connectivity index is 1.03. The fourth-order valence-electron chi connectivity index (χ4n) is 6.75. The molecule has 2 aromatic heterocycles. The monoisotopic (exact) mass is 513 g/mol. The van der Waals surface area contributed by atoms with E-state index in [9.17, 15) is 14.4 Å². The summed E-state index contributed by atoms with van der Waals surface area (Å²) in [6, 6.07) is 9.70. The van der Waals surface area contributed by atoms with E-state index in [0.29, 0.717) is 30.5 Å². The number of aromatic nitrogens is 2. The van der Waals surface area contributed by atoms with Crippen LogP contribution in [0.25, 0.3) is 11.0 Å². The van der Waals surface area contributed by atoms with Gasteiger partial charge in [-0.3, -0.25) is 24.6 Å². The minimum Gasteiger partial charge on any atom is -0.489 e. The zero-order valence-corrected chi connectivity index (χ0v) is 21.2. The van der Waals surface area contributed by atoms with Crippen LogP contribution in [0.1, 0.15) is 65.9 Å². The van der Waals surface area contributed by atoms with Crippen molar-refractivity contribution in [1.29, 1.82) is 0 Å². The van der Waals surface area contributed by atoms with Crippen LogP contribution in [0.3, 0.4) is 0 Å². The number of imide groups is 1. The number of pyridine rings is 1. The molecule has 1 saturated carbocycles. The van der Waals surface area contributed by atoms with Crippen molar-refractivity contribution in [1.82, 2.24) is 25.1 Å². The molecule has 196 valence electrons. The van der Waals surface area contributed by atoms with E-state index in [4.69, 9.17) is 4.74 Å². The molecule has 0 unspecified atom stereocenters. The first-order chi connectivity index (χ1) is 18.5. The van der Waals surface area contributed by atoms with Gasteiger partial charge in [-0.05, 0) is 67.1 Å². The fraction of sp³-hybridized carbons (Fsp3) is 0.448. The van der Waals surface area contributed by atoms with Crippen LogP contribution in [0.15, 0.2) is 42.7 Å². The third-order valence-corrected chi connectivity index (χ3v) is 8.76. The molecule has 2 N–H and O–H groups in total. The molecular formula is C29H31N5O4. The minimum atomic E-state index is -0.605. The van der Waals surface area contributed by atoms with Gasteiger partial charge in [-0.1, -0.05) is 6.42 Å². The van der Waals surface area contributed by atoms with Crippen molar-refractivity contribution in [3.8, 4) is 5.75 Å². The maximum absolute atomic E-state index is 13.0. The van der Waals surface area contributed by atoms with Crippen LogP contribution in [0.4, 0.5) is 0 Å². The third kappa shape index (κ3) is 3.96. The molecule has 7 rings (SSSR count). The molecule has 0 bridgehead atoms. The number of benzene rings is 1. The van der Waals surface area contributed by atoms with Gasteiger partial charge in [0.1, 0.15) is 23.5 Å². The van der Waals surface area contributed by atoms with E-state index in [1.165, 1.54) is 17.4 Å². The zero-order chi connectivity index (χ0) is 25.8. The highest BCUT2D eigenvalue weighted by atomic mass is 16.5. The van der Waals surface area contributed by atoms with Gasteiger partial charge in [-0.15, -0.1) is 0 Å². The highest BCUT2D eigenvalue weighted by Crippen LogP contribution is 2.38. The number of nitrogens with one attached hydrogen (secondary N) is 2. The van der Waals surface area contributed by atoms with E-state index in [0.717, 1.165) is 49.3 Å². The van der Waals surface area contributed by atoms with Crippen LogP contribution >= 0.6 is 0 Å². The number of piperidine rings is 1. The fourth-order valence-corrected chi connectivity index (χ4v) is 6.75. The number of nitrogens with zero attached hydrogens (tertiary/aromatic N) is 3. The lowest BCUT2D eigenvalue weighted by Crippen LogP contribution is -2.57.